The van der Waals surface area contributed by atoms with Crippen LogP contribution in [0.3, 0.4) is 0 Å². The highest BCUT2D eigenvalue weighted by molar-refractivity contribution is 5.78. The van der Waals surface area contributed by atoms with Crippen LogP contribution in [0, 0.1) is 5.92 Å². The van der Waals surface area contributed by atoms with Gasteiger partial charge in [-0.15, -0.1) is 0 Å². The van der Waals surface area contributed by atoms with Crippen molar-refractivity contribution in [3.63, 3.8) is 0 Å². The fraction of sp³-hybridized carbons (Fsp3) is 0.929. The fourth-order valence-electron chi connectivity index (χ4n) is 2.80. The Morgan fingerprint density at radius 3 is 2.67 bits per heavy atom. The zero-order valence-corrected chi connectivity index (χ0v) is 12.4. The lowest BCUT2D eigenvalue weighted by molar-refractivity contribution is -0.133. The third-order valence-corrected chi connectivity index (χ3v) is 4.31. The minimum absolute atomic E-state index is 0.209. The second kappa shape index (κ2) is 7.10. The molecular formula is C14H29N3O. The summed E-state index contributed by atoms with van der Waals surface area (Å²) in [5, 5.41) is 0. The van der Waals surface area contributed by atoms with Gasteiger partial charge in [-0.2, -0.15) is 0 Å². The first-order valence-electron chi connectivity index (χ1n) is 7.21. The van der Waals surface area contributed by atoms with Crippen LogP contribution in [0.2, 0.25) is 0 Å². The topological polar surface area (TPSA) is 49.6 Å². The van der Waals surface area contributed by atoms with Gasteiger partial charge in [0.1, 0.15) is 0 Å². The number of hydrogen-bond donors (Lipinski definition) is 1. The van der Waals surface area contributed by atoms with Crippen molar-refractivity contribution in [1.29, 1.82) is 0 Å². The molecule has 106 valence electrons. The van der Waals surface area contributed by atoms with Crippen molar-refractivity contribution in [2.45, 2.75) is 52.1 Å². The molecule has 18 heavy (non-hydrogen) atoms. The Kier molecular flexibility index (Phi) is 6.09. The van der Waals surface area contributed by atoms with Gasteiger partial charge in [-0.05, 0) is 39.2 Å². The van der Waals surface area contributed by atoms with Crippen LogP contribution in [0.1, 0.15) is 40.0 Å². The summed E-state index contributed by atoms with van der Waals surface area (Å²) in [4.78, 5) is 16.3. The molecule has 2 N–H and O–H groups in total. The van der Waals surface area contributed by atoms with Gasteiger partial charge < -0.3 is 10.6 Å². The molecule has 0 saturated carbocycles. The van der Waals surface area contributed by atoms with Crippen LogP contribution >= 0.6 is 0 Å². The summed E-state index contributed by atoms with van der Waals surface area (Å²) in [5.41, 5.74) is 5.90. The molecule has 0 aromatic heterocycles. The number of carbonyl (C=O) groups excluding carboxylic acids is 1. The van der Waals surface area contributed by atoms with E-state index in [1.165, 1.54) is 12.8 Å². The first-order chi connectivity index (χ1) is 8.51. The molecule has 2 atom stereocenters. The molecule has 0 bridgehead atoms. The second-order valence-electron chi connectivity index (χ2n) is 5.68. The third kappa shape index (κ3) is 3.69. The summed E-state index contributed by atoms with van der Waals surface area (Å²) >= 11 is 0. The average molecular weight is 255 g/mol. The Labute approximate surface area is 111 Å². The zero-order chi connectivity index (χ0) is 13.7. The number of hydrogen-bond acceptors (Lipinski definition) is 3. The lowest BCUT2D eigenvalue weighted by Gasteiger charge is -2.41. The van der Waals surface area contributed by atoms with Crippen LogP contribution in [0.25, 0.3) is 0 Å². The lowest BCUT2D eigenvalue weighted by atomic mass is 9.87. The monoisotopic (exact) mass is 255 g/mol. The number of carbonyl (C=O) groups is 1. The molecule has 4 heteroatoms. The molecule has 2 unspecified atom stereocenters. The van der Waals surface area contributed by atoms with Crippen molar-refractivity contribution in [2.24, 2.45) is 11.7 Å². The van der Waals surface area contributed by atoms with Gasteiger partial charge in [-0.25, -0.2) is 0 Å². The van der Waals surface area contributed by atoms with E-state index in [2.05, 4.69) is 11.8 Å². The van der Waals surface area contributed by atoms with Crippen molar-refractivity contribution >= 4 is 5.91 Å². The van der Waals surface area contributed by atoms with Crippen molar-refractivity contribution in [3.8, 4) is 0 Å². The number of piperidine rings is 1. The first kappa shape index (κ1) is 15.4. The Balaban J connectivity index is 2.61. The smallest absolute Gasteiger partial charge is 0.236 e. The van der Waals surface area contributed by atoms with Crippen LogP contribution in [0.5, 0.6) is 0 Å². The van der Waals surface area contributed by atoms with Crippen molar-refractivity contribution in [1.82, 2.24) is 9.80 Å². The maximum absolute atomic E-state index is 12.2. The van der Waals surface area contributed by atoms with Gasteiger partial charge in [0.25, 0.3) is 0 Å². The van der Waals surface area contributed by atoms with Crippen LogP contribution in [-0.4, -0.2) is 54.5 Å². The minimum atomic E-state index is 0.209. The molecule has 1 aliphatic rings. The number of likely N-dealkylation sites (tertiary alicyclic amines) is 1. The maximum atomic E-state index is 12.2. The van der Waals surface area contributed by atoms with E-state index in [1.807, 2.05) is 25.8 Å². The largest absolute Gasteiger partial charge is 0.342 e. The van der Waals surface area contributed by atoms with Crippen molar-refractivity contribution in [3.05, 3.63) is 0 Å². The van der Waals surface area contributed by atoms with E-state index in [-0.39, 0.29) is 11.9 Å². The quantitative estimate of drug-likeness (QED) is 0.805. The summed E-state index contributed by atoms with van der Waals surface area (Å²) in [5.74, 6) is 0.862. The molecule has 0 aromatic carbocycles. The Morgan fingerprint density at radius 1 is 1.50 bits per heavy atom. The van der Waals surface area contributed by atoms with E-state index < -0.39 is 0 Å². The molecule has 0 spiro atoms. The first-order valence-corrected chi connectivity index (χ1v) is 7.21. The van der Waals surface area contributed by atoms with E-state index >= 15 is 0 Å². The average Bonchev–Trinajstić information content (AvgIpc) is 2.37. The Bertz CT molecular complexity index is 268. The van der Waals surface area contributed by atoms with E-state index in [0.717, 1.165) is 13.0 Å². The normalized spacial score (nSPS) is 25.4. The van der Waals surface area contributed by atoms with Crippen molar-refractivity contribution < 1.29 is 4.79 Å². The highest BCUT2D eigenvalue weighted by atomic mass is 16.2. The number of amides is 1. The van der Waals surface area contributed by atoms with Gasteiger partial charge in [0.15, 0.2) is 0 Å². The molecule has 0 aliphatic carbocycles. The Hall–Kier alpha value is -0.610. The standard InChI is InChI=1S/C14H29N3O/c1-5-12-7-6-8-17(13(12)9-15)10-14(18)16(4)11(2)3/h11-13H,5-10,15H2,1-4H3. The predicted molar refractivity (Wildman–Crippen MR) is 75.3 cm³/mol. The summed E-state index contributed by atoms with van der Waals surface area (Å²) < 4.78 is 0. The highest BCUT2D eigenvalue weighted by Gasteiger charge is 2.30. The molecule has 1 rings (SSSR count). The Morgan fingerprint density at radius 2 is 2.17 bits per heavy atom. The molecule has 4 nitrogen and oxygen atoms in total. The van der Waals surface area contributed by atoms with E-state index in [1.54, 1.807) is 0 Å². The number of likely N-dealkylation sites (N-methyl/N-ethyl adjacent to an activating group) is 1. The van der Waals surface area contributed by atoms with E-state index in [0.29, 0.717) is 25.0 Å². The van der Waals surface area contributed by atoms with Crippen LogP contribution in [0.4, 0.5) is 0 Å². The highest BCUT2D eigenvalue weighted by Crippen LogP contribution is 2.25. The van der Waals surface area contributed by atoms with Crippen LogP contribution in [0.15, 0.2) is 0 Å². The summed E-state index contributed by atoms with van der Waals surface area (Å²) in [7, 11) is 1.88. The van der Waals surface area contributed by atoms with Gasteiger partial charge in [0, 0.05) is 25.7 Å². The number of nitrogens with two attached hydrogens (primary N) is 1. The van der Waals surface area contributed by atoms with Gasteiger partial charge in [0.2, 0.25) is 5.91 Å². The molecule has 1 amide bonds. The van der Waals surface area contributed by atoms with Gasteiger partial charge >= 0.3 is 0 Å². The summed E-state index contributed by atoms with van der Waals surface area (Å²) in [6, 6.07) is 0.647. The molecule has 0 radical (unpaired) electrons. The maximum Gasteiger partial charge on any atom is 0.236 e. The lowest BCUT2D eigenvalue weighted by Crippen LogP contribution is -2.53. The molecule has 0 aromatic rings. The summed E-state index contributed by atoms with van der Waals surface area (Å²) in [6.45, 7) is 8.51. The van der Waals surface area contributed by atoms with Crippen LogP contribution in [-0.2, 0) is 4.79 Å². The second-order valence-corrected chi connectivity index (χ2v) is 5.68. The van der Waals surface area contributed by atoms with E-state index in [4.69, 9.17) is 5.73 Å². The van der Waals surface area contributed by atoms with Crippen LogP contribution < -0.4 is 5.73 Å². The summed E-state index contributed by atoms with van der Waals surface area (Å²) in [6.07, 6.45) is 3.60. The molecule has 1 aliphatic heterocycles. The number of nitrogens with zero attached hydrogens (tertiary/aromatic N) is 2. The van der Waals surface area contributed by atoms with Crippen molar-refractivity contribution in [2.75, 3.05) is 26.7 Å². The zero-order valence-electron chi connectivity index (χ0n) is 12.4. The molecule has 1 heterocycles. The molecular weight excluding hydrogens is 226 g/mol. The minimum Gasteiger partial charge on any atom is -0.342 e. The van der Waals surface area contributed by atoms with Gasteiger partial charge in [-0.1, -0.05) is 13.3 Å². The predicted octanol–water partition coefficient (Wildman–Crippen LogP) is 1.30. The van der Waals surface area contributed by atoms with E-state index in [9.17, 15) is 4.79 Å². The van der Waals surface area contributed by atoms with Gasteiger partial charge in [-0.3, -0.25) is 9.69 Å². The SMILES string of the molecule is CCC1CCCN(CC(=O)N(C)C(C)C)C1CN. The third-order valence-electron chi connectivity index (χ3n) is 4.31. The molecule has 1 fully saturated rings. The fourth-order valence-corrected chi connectivity index (χ4v) is 2.80. The number of rotatable bonds is 5. The van der Waals surface area contributed by atoms with Gasteiger partial charge in [0.05, 0.1) is 6.54 Å². The molecule has 1 saturated heterocycles.